The molecule has 21 heavy (non-hydrogen) atoms. The number of rotatable bonds is 6. The Morgan fingerprint density at radius 1 is 1.14 bits per heavy atom. The zero-order valence-corrected chi connectivity index (χ0v) is 12.5. The van der Waals surface area contributed by atoms with Crippen molar-refractivity contribution >= 4 is 17.8 Å². The van der Waals surface area contributed by atoms with Crippen molar-refractivity contribution in [2.24, 2.45) is 0 Å². The van der Waals surface area contributed by atoms with E-state index >= 15 is 0 Å². The Bertz CT molecular complexity index is 500. The second kappa shape index (κ2) is 8.16. The number of esters is 1. The fourth-order valence-electron chi connectivity index (χ4n) is 1.66. The molecule has 0 fully saturated rings. The monoisotopic (exact) mass is 292 g/mol. The summed E-state index contributed by atoms with van der Waals surface area (Å²) in [6, 6.07) is 8.44. The Balaban J connectivity index is 2.58. The van der Waals surface area contributed by atoms with E-state index in [1.165, 1.54) is 7.11 Å². The van der Waals surface area contributed by atoms with Gasteiger partial charge in [0.2, 0.25) is 5.91 Å². The topological polar surface area (TPSA) is 75.7 Å². The van der Waals surface area contributed by atoms with E-state index in [1.807, 2.05) is 13.8 Å². The van der Waals surface area contributed by atoms with Gasteiger partial charge in [-0.3, -0.25) is 24.6 Å². The van der Waals surface area contributed by atoms with Gasteiger partial charge in [0.05, 0.1) is 20.2 Å². The molecule has 1 aromatic carbocycles. The first-order chi connectivity index (χ1) is 9.93. The van der Waals surface area contributed by atoms with Crippen LogP contribution in [0.1, 0.15) is 24.2 Å². The summed E-state index contributed by atoms with van der Waals surface area (Å²) in [4.78, 5) is 36.6. The molecule has 1 N–H and O–H groups in total. The summed E-state index contributed by atoms with van der Waals surface area (Å²) in [7, 11) is 1.29. The van der Waals surface area contributed by atoms with E-state index in [2.05, 4.69) is 10.1 Å². The Hall–Kier alpha value is -2.21. The van der Waals surface area contributed by atoms with E-state index in [9.17, 15) is 14.4 Å². The van der Waals surface area contributed by atoms with Gasteiger partial charge in [-0.2, -0.15) is 0 Å². The highest BCUT2D eigenvalue weighted by Gasteiger charge is 2.19. The summed E-state index contributed by atoms with van der Waals surface area (Å²) in [6.07, 6.45) is 0. The van der Waals surface area contributed by atoms with E-state index in [0.29, 0.717) is 5.56 Å². The van der Waals surface area contributed by atoms with E-state index in [0.717, 1.165) is 0 Å². The van der Waals surface area contributed by atoms with Crippen LogP contribution in [0.3, 0.4) is 0 Å². The third-order valence-electron chi connectivity index (χ3n) is 2.93. The van der Waals surface area contributed by atoms with Crippen LogP contribution in [0.5, 0.6) is 0 Å². The van der Waals surface area contributed by atoms with Crippen LogP contribution >= 0.6 is 0 Å². The zero-order chi connectivity index (χ0) is 15.8. The van der Waals surface area contributed by atoms with Gasteiger partial charge in [-0.1, -0.05) is 18.2 Å². The third kappa shape index (κ3) is 5.74. The minimum absolute atomic E-state index is 0.00111. The molecule has 6 nitrogen and oxygen atoms in total. The molecule has 0 aliphatic carbocycles. The lowest BCUT2D eigenvalue weighted by Crippen LogP contribution is -2.45. The first-order valence-electron chi connectivity index (χ1n) is 6.64. The van der Waals surface area contributed by atoms with E-state index < -0.39 is 17.8 Å². The summed E-state index contributed by atoms with van der Waals surface area (Å²) in [6.45, 7) is 3.66. The van der Waals surface area contributed by atoms with Crippen molar-refractivity contribution in [3.63, 3.8) is 0 Å². The molecule has 1 aromatic rings. The fraction of sp³-hybridized carbons (Fsp3) is 0.400. The van der Waals surface area contributed by atoms with Crippen molar-refractivity contribution in [3.8, 4) is 0 Å². The number of nitrogens with one attached hydrogen (secondary N) is 1. The van der Waals surface area contributed by atoms with Crippen LogP contribution in [-0.4, -0.2) is 48.9 Å². The van der Waals surface area contributed by atoms with Gasteiger partial charge in [0.15, 0.2) is 0 Å². The number of benzene rings is 1. The Labute approximate surface area is 124 Å². The molecule has 0 saturated carbocycles. The zero-order valence-electron chi connectivity index (χ0n) is 12.5. The van der Waals surface area contributed by atoms with Crippen LogP contribution in [0.2, 0.25) is 0 Å². The number of ether oxygens (including phenoxy) is 1. The highest BCUT2D eigenvalue weighted by atomic mass is 16.5. The van der Waals surface area contributed by atoms with Crippen molar-refractivity contribution in [2.45, 2.75) is 19.9 Å². The average molecular weight is 292 g/mol. The molecule has 0 aromatic heterocycles. The van der Waals surface area contributed by atoms with Crippen LogP contribution in [0.25, 0.3) is 0 Å². The van der Waals surface area contributed by atoms with Crippen LogP contribution < -0.4 is 5.32 Å². The van der Waals surface area contributed by atoms with Gasteiger partial charge in [-0.15, -0.1) is 0 Å². The molecule has 0 spiro atoms. The lowest BCUT2D eigenvalue weighted by molar-refractivity contribution is -0.142. The van der Waals surface area contributed by atoms with Crippen LogP contribution in [-0.2, 0) is 14.3 Å². The molecular formula is C15H20N2O4. The number of carbonyl (C=O) groups is 3. The normalized spacial score (nSPS) is 10.5. The second-order valence-corrected chi connectivity index (χ2v) is 4.82. The molecule has 0 saturated heterocycles. The molecule has 6 heteroatoms. The first-order valence-corrected chi connectivity index (χ1v) is 6.64. The molecular weight excluding hydrogens is 272 g/mol. The SMILES string of the molecule is COC(=O)CN(CC(=O)NC(=O)c1ccccc1)C(C)C. The standard InChI is InChI=1S/C15H20N2O4/c1-11(2)17(10-14(19)21-3)9-13(18)16-15(20)12-7-5-4-6-8-12/h4-8,11H,9-10H2,1-3H3,(H,16,18,20). The molecule has 0 heterocycles. The molecule has 1 rings (SSSR count). The number of hydrogen-bond acceptors (Lipinski definition) is 5. The summed E-state index contributed by atoms with van der Waals surface area (Å²) in [5, 5.41) is 2.30. The Kier molecular flexibility index (Phi) is 6.55. The molecule has 0 unspecified atom stereocenters. The smallest absolute Gasteiger partial charge is 0.319 e. The average Bonchev–Trinajstić information content (AvgIpc) is 2.47. The molecule has 114 valence electrons. The van der Waals surface area contributed by atoms with Gasteiger partial charge in [0.1, 0.15) is 0 Å². The molecule has 0 radical (unpaired) electrons. The van der Waals surface area contributed by atoms with Crippen molar-refractivity contribution in [3.05, 3.63) is 35.9 Å². The Morgan fingerprint density at radius 2 is 1.76 bits per heavy atom. The molecule has 0 aliphatic heterocycles. The molecule has 0 atom stereocenters. The van der Waals surface area contributed by atoms with Crippen LogP contribution in [0.4, 0.5) is 0 Å². The van der Waals surface area contributed by atoms with Gasteiger partial charge in [0, 0.05) is 11.6 Å². The van der Waals surface area contributed by atoms with Gasteiger partial charge >= 0.3 is 5.97 Å². The number of imide groups is 1. The maximum absolute atomic E-state index is 11.9. The van der Waals surface area contributed by atoms with E-state index in [1.54, 1.807) is 35.2 Å². The number of methoxy groups -OCH3 is 1. The molecule has 2 amide bonds. The fourth-order valence-corrected chi connectivity index (χ4v) is 1.66. The van der Waals surface area contributed by atoms with Gasteiger partial charge in [-0.05, 0) is 26.0 Å². The maximum atomic E-state index is 11.9. The predicted octanol–water partition coefficient (Wildman–Crippen LogP) is 0.826. The van der Waals surface area contributed by atoms with Crippen molar-refractivity contribution < 1.29 is 19.1 Å². The molecule has 0 aliphatic rings. The van der Waals surface area contributed by atoms with Crippen molar-refractivity contribution in [1.29, 1.82) is 0 Å². The lowest BCUT2D eigenvalue weighted by Gasteiger charge is -2.24. The van der Waals surface area contributed by atoms with Gasteiger partial charge in [0.25, 0.3) is 5.91 Å². The summed E-state index contributed by atoms with van der Waals surface area (Å²) in [5.41, 5.74) is 0.412. The van der Waals surface area contributed by atoms with Crippen LogP contribution in [0.15, 0.2) is 30.3 Å². The predicted molar refractivity (Wildman–Crippen MR) is 77.6 cm³/mol. The largest absolute Gasteiger partial charge is 0.468 e. The van der Waals surface area contributed by atoms with Crippen molar-refractivity contribution in [1.82, 2.24) is 10.2 Å². The van der Waals surface area contributed by atoms with E-state index in [-0.39, 0.29) is 19.1 Å². The van der Waals surface area contributed by atoms with E-state index in [4.69, 9.17) is 0 Å². The quantitative estimate of drug-likeness (QED) is 0.786. The number of amides is 2. The Morgan fingerprint density at radius 3 is 2.29 bits per heavy atom. The third-order valence-corrected chi connectivity index (χ3v) is 2.93. The number of nitrogens with zero attached hydrogens (tertiary/aromatic N) is 1. The minimum atomic E-state index is -0.457. The highest BCUT2D eigenvalue weighted by Crippen LogP contribution is 2.00. The first kappa shape index (κ1) is 16.8. The highest BCUT2D eigenvalue weighted by molar-refractivity contribution is 6.05. The second-order valence-electron chi connectivity index (χ2n) is 4.82. The summed E-state index contributed by atoms with van der Waals surface area (Å²) in [5.74, 6) is -1.34. The maximum Gasteiger partial charge on any atom is 0.319 e. The van der Waals surface area contributed by atoms with Gasteiger partial charge < -0.3 is 4.74 Å². The lowest BCUT2D eigenvalue weighted by atomic mass is 10.2. The molecule has 0 bridgehead atoms. The van der Waals surface area contributed by atoms with Gasteiger partial charge in [-0.25, -0.2) is 0 Å². The van der Waals surface area contributed by atoms with Crippen LogP contribution in [0, 0.1) is 0 Å². The van der Waals surface area contributed by atoms with Crippen molar-refractivity contribution in [2.75, 3.05) is 20.2 Å². The number of carbonyl (C=O) groups excluding carboxylic acids is 3. The summed E-state index contributed by atoms with van der Waals surface area (Å²) >= 11 is 0. The summed E-state index contributed by atoms with van der Waals surface area (Å²) < 4.78 is 4.58. The minimum Gasteiger partial charge on any atom is -0.468 e. The number of hydrogen-bond donors (Lipinski definition) is 1.